The lowest BCUT2D eigenvalue weighted by Crippen LogP contribution is -2.39. The van der Waals surface area contributed by atoms with Crippen LogP contribution in [0.25, 0.3) is 0 Å². The van der Waals surface area contributed by atoms with Crippen LogP contribution < -0.4 is 9.47 Å². The van der Waals surface area contributed by atoms with Gasteiger partial charge in [-0.05, 0) is 30.2 Å². The largest absolute Gasteiger partial charge is 0.496 e. The topological polar surface area (TPSA) is 81.9 Å². The van der Waals surface area contributed by atoms with Gasteiger partial charge in [0, 0.05) is 13.1 Å². The normalized spacial score (nSPS) is 11.4. The second-order valence-electron chi connectivity index (χ2n) is 7.02. The monoisotopic (exact) mass is 420 g/mol. The molecule has 3 aromatic carbocycles. The summed E-state index contributed by atoms with van der Waals surface area (Å²) in [6, 6.07) is 23.6. The fourth-order valence-corrected chi connectivity index (χ4v) is 3.18. The van der Waals surface area contributed by atoms with Gasteiger partial charge in [-0.15, -0.1) is 0 Å². The van der Waals surface area contributed by atoms with E-state index in [9.17, 15) is 14.9 Å². The first-order valence-electron chi connectivity index (χ1n) is 9.83. The highest BCUT2D eigenvalue weighted by molar-refractivity contribution is 5.81. The summed E-state index contributed by atoms with van der Waals surface area (Å²) >= 11 is 0. The number of ether oxygens (including phenoxy) is 2. The molecule has 3 rings (SSSR count). The van der Waals surface area contributed by atoms with Crippen LogP contribution in [-0.4, -0.2) is 28.9 Å². The van der Waals surface area contributed by atoms with E-state index in [4.69, 9.17) is 9.47 Å². The Morgan fingerprint density at radius 2 is 1.52 bits per heavy atom. The summed E-state index contributed by atoms with van der Waals surface area (Å²) in [5.41, 5.74) is 1.71. The lowest BCUT2D eigenvalue weighted by Gasteiger charge is -2.26. The highest BCUT2D eigenvalue weighted by atomic mass is 16.6. The Bertz CT molecular complexity index is 983. The van der Waals surface area contributed by atoms with E-state index in [2.05, 4.69) is 0 Å². The molecule has 0 spiro atoms. The van der Waals surface area contributed by atoms with Crippen LogP contribution in [0.2, 0.25) is 0 Å². The summed E-state index contributed by atoms with van der Waals surface area (Å²) in [6.07, 6.45) is -0.917. The third-order valence-corrected chi connectivity index (χ3v) is 4.76. The van der Waals surface area contributed by atoms with Crippen molar-refractivity contribution in [2.45, 2.75) is 26.1 Å². The smallest absolute Gasteiger partial charge is 0.314 e. The standard InChI is InChI=1S/C24H24N2O5/c1-18(31-23-14-13-21(30-2)15-22(23)26(28)29)24(27)25(16-19-9-5-3-6-10-19)17-20-11-7-4-8-12-20/h3-15,18H,16-17H2,1-2H3. The zero-order valence-corrected chi connectivity index (χ0v) is 17.4. The Morgan fingerprint density at radius 1 is 0.968 bits per heavy atom. The summed E-state index contributed by atoms with van der Waals surface area (Å²) in [5.74, 6) is 0.0941. The van der Waals surface area contributed by atoms with Crippen LogP contribution in [0.1, 0.15) is 18.1 Å². The molecule has 0 bridgehead atoms. The van der Waals surface area contributed by atoms with Crippen molar-refractivity contribution in [2.24, 2.45) is 0 Å². The number of hydrogen-bond acceptors (Lipinski definition) is 5. The van der Waals surface area contributed by atoms with Gasteiger partial charge in [-0.1, -0.05) is 60.7 Å². The average Bonchev–Trinajstić information content (AvgIpc) is 2.79. The van der Waals surface area contributed by atoms with Gasteiger partial charge in [0.05, 0.1) is 18.1 Å². The predicted molar refractivity (Wildman–Crippen MR) is 117 cm³/mol. The van der Waals surface area contributed by atoms with Gasteiger partial charge in [-0.2, -0.15) is 0 Å². The Kier molecular flexibility index (Phi) is 7.22. The van der Waals surface area contributed by atoms with Gasteiger partial charge < -0.3 is 14.4 Å². The van der Waals surface area contributed by atoms with Crippen LogP contribution in [0, 0.1) is 10.1 Å². The van der Waals surface area contributed by atoms with Crippen LogP contribution in [0.15, 0.2) is 78.9 Å². The molecule has 31 heavy (non-hydrogen) atoms. The number of nitro groups is 1. The van der Waals surface area contributed by atoms with Gasteiger partial charge >= 0.3 is 5.69 Å². The average molecular weight is 420 g/mol. The Hall–Kier alpha value is -3.87. The van der Waals surface area contributed by atoms with Crippen molar-refractivity contribution < 1.29 is 19.2 Å². The maximum Gasteiger partial charge on any atom is 0.314 e. The molecule has 0 aliphatic heterocycles. The van der Waals surface area contributed by atoms with Crippen molar-refractivity contribution in [1.82, 2.24) is 4.90 Å². The molecular weight excluding hydrogens is 396 g/mol. The van der Waals surface area contributed by atoms with E-state index in [1.807, 2.05) is 60.7 Å². The fourth-order valence-electron chi connectivity index (χ4n) is 3.18. The molecule has 0 aromatic heterocycles. The van der Waals surface area contributed by atoms with Crippen molar-refractivity contribution in [3.63, 3.8) is 0 Å². The minimum absolute atomic E-state index is 0.0195. The molecule has 0 radical (unpaired) electrons. The fraction of sp³-hybridized carbons (Fsp3) is 0.208. The zero-order valence-electron chi connectivity index (χ0n) is 17.4. The third kappa shape index (κ3) is 5.82. The van der Waals surface area contributed by atoms with Crippen molar-refractivity contribution in [1.29, 1.82) is 0 Å². The third-order valence-electron chi connectivity index (χ3n) is 4.76. The lowest BCUT2D eigenvalue weighted by atomic mass is 10.1. The molecule has 0 saturated heterocycles. The minimum Gasteiger partial charge on any atom is -0.496 e. The molecule has 0 N–H and O–H groups in total. The van der Waals surface area contributed by atoms with E-state index in [0.29, 0.717) is 18.8 Å². The van der Waals surface area contributed by atoms with Gasteiger partial charge in [-0.3, -0.25) is 14.9 Å². The first kappa shape index (κ1) is 21.8. The van der Waals surface area contributed by atoms with Crippen molar-refractivity contribution in [3.05, 3.63) is 100 Å². The van der Waals surface area contributed by atoms with Gasteiger partial charge in [0.1, 0.15) is 5.75 Å². The number of nitro benzene ring substituents is 1. The first-order valence-corrected chi connectivity index (χ1v) is 9.83. The number of rotatable bonds is 9. The van der Waals surface area contributed by atoms with E-state index in [1.165, 1.54) is 19.2 Å². The molecule has 1 unspecified atom stereocenters. The Labute approximate surface area is 181 Å². The SMILES string of the molecule is COc1ccc(OC(C)C(=O)N(Cc2ccccc2)Cc2ccccc2)c([N+](=O)[O-])c1. The predicted octanol–water partition coefficient (Wildman–Crippen LogP) is 4.60. The molecule has 1 atom stereocenters. The number of hydrogen-bond donors (Lipinski definition) is 0. The number of benzene rings is 3. The van der Waals surface area contributed by atoms with E-state index in [1.54, 1.807) is 17.9 Å². The summed E-state index contributed by atoms with van der Waals surface area (Å²) < 4.78 is 10.8. The molecule has 160 valence electrons. The zero-order chi connectivity index (χ0) is 22.2. The van der Waals surface area contributed by atoms with E-state index in [0.717, 1.165) is 11.1 Å². The molecule has 0 saturated carbocycles. The molecule has 0 aliphatic carbocycles. The van der Waals surface area contributed by atoms with Gasteiger partial charge in [0.2, 0.25) is 0 Å². The highest BCUT2D eigenvalue weighted by Crippen LogP contribution is 2.32. The number of carbonyl (C=O) groups excluding carboxylic acids is 1. The second kappa shape index (κ2) is 10.2. The number of nitrogens with zero attached hydrogens (tertiary/aromatic N) is 2. The summed E-state index contributed by atoms with van der Waals surface area (Å²) in [4.78, 5) is 25.8. The van der Waals surface area contributed by atoms with E-state index >= 15 is 0 Å². The highest BCUT2D eigenvalue weighted by Gasteiger charge is 2.26. The van der Waals surface area contributed by atoms with Crippen LogP contribution in [0.4, 0.5) is 5.69 Å². The number of amides is 1. The number of carbonyl (C=O) groups is 1. The van der Waals surface area contributed by atoms with Gasteiger partial charge in [0.25, 0.3) is 5.91 Å². The quantitative estimate of drug-likeness (QED) is 0.373. The minimum atomic E-state index is -0.917. The van der Waals surface area contributed by atoms with Crippen molar-refractivity contribution >= 4 is 11.6 Å². The molecule has 0 heterocycles. The van der Waals surface area contributed by atoms with Gasteiger partial charge in [-0.25, -0.2) is 0 Å². The molecular formula is C24H24N2O5. The number of methoxy groups -OCH3 is 1. The molecule has 7 nitrogen and oxygen atoms in total. The van der Waals surface area contributed by atoms with Crippen LogP contribution >= 0.6 is 0 Å². The first-order chi connectivity index (χ1) is 15.0. The molecule has 1 amide bonds. The molecule has 0 fully saturated rings. The maximum atomic E-state index is 13.3. The lowest BCUT2D eigenvalue weighted by molar-refractivity contribution is -0.386. The summed E-state index contributed by atoms with van der Waals surface area (Å²) in [5, 5.41) is 11.4. The van der Waals surface area contributed by atoms with Crippen molar-refractivity contribution in [2.75, 3.05) is 7.11 Å². The Balaban J connectivity index is 1.82. The Morgan fingerprint density at radius 3 is 2.00 bits per heavy atom. The van der Waals surface area contributed by atoms with Crippen LogP contribution in [-0.2, 0) is 17.9 Å². The summed E-state index contributed by atoms with van der Waals surface area (Å²) in [6.45, 7) is 2.39. The molecule has 3 aromatic rings. The second-order valence-corrected chi connectivity index (χ2v) is 7.02. The van der Waals surface area contributed by atoms with Crippen molar-refractivity contribution in [3.8, 4) is 11.5 Å². The van der Waals surface area contributed by atoms with Crippen LogP contribution in [0.5, 0.6) is 11.5 Å². The van der Waals surface area contributed by atoms with Crippen LogP contribution in [0.3, 0.4) is 0 Å². The molecule has 7 heteroatoms. The van der Waals surface area contributed by atoms with Gasteiger partial charge in [0.15, 0.2) is 11.9 Å². The summed E-state index contributed by atoms with van der Waals surface area (Å²) in [7, 11) is 1.43. The van der Waals surface area contributed by atoms with E-state index in [-0.39, 0.29) is 17.3 Å². The maximum absolute atomic E-state index is 13.3. The van der Waals surface area contributed by atoms with E-state index < -0.39 is 11.0 Å². The molecule has 0 aliphatic rings.